The minimum atomic E-state index is -0.764. The number of aromatic nitrogens is 1. The third-order valence-electron chi connectivity index (χ3n) is 1.86. The van der Waals surface area contributed by atoms with Crippen molar-refractivity contribution in [3.63, 3.8) is 0 Å². The number of nitrogens with zero attached hydrogens (tertiary/aromatic N) is 1. The molecule has 0 saturated carbocycles. The molecule has 3 nitrogen and oxygen atoms in total. The van der Waals surface area contributed by atoms with Gasteiger partial charge in [0, 0.05) is 10.9 Å². The number of hydrogen-bond acceptors (Lipinski definition) is 3. The maximum absolute atomic E-state index is 10.5. The molecule has 0 amide bonds. The Kier molecular flexibility index (Phi) is 4.15. The van der Waals surface area contributed by atoms with Crippen LogP contribution in [0.25, 0.3) is 0 Å². The molecule has 82 valence electrons. The van der Waals surface area contributed by atoms with Gasteiger partial charge in [-0.05, 0) is 31.5 Å². The number of hydrogen-bond donors (Lipinski definition) is 1. The van der Waals surface area contributed by atoms with Crippen molar-refractivity contribution in [3.8, 4) is 0 Å². The van der Waals surface area contributed by atoms with Gasteiger partial charge in [0.05, 0.1) is 11.4 Å². The number of carboxylic acids is 1. The fourth-order valence-corrected chi connectivity index (χ4v) is 2.45. The standard InChI is InChI=1S/C11H15NO2S/c1-7-4-8(2)12-10(5-7)15-9(3)6-11(13)14/h4-5,9H,6H2,1-3H3,(H,13,14). The van der Waals surface area contributed by atoms with Crippen LogP contribution in [0.4, 0.5) is 0 Å². The van der Waals surface area contributed by atoms with Crippen LogP contribution in [0.5, 0.6) is 0 Å². The molecule has 0 spiro atoms. The number of aryl methyl sites for hydroxylation is 2. The lowest BCUT2D eigenvalue weighted by Crippen LogP contribution is -2.05. The molecule has 0 aromatic carbocycles. The smallest absolute Gasteiger partial charge is 0.304 e. The molecule has 0 bridgehead atoms. The molecule has 1 aromatic rings. The summed E-state index contributed by atoms with van der Waals surface area (Å²) in [6.07, 6.45) is 0.166. The van der Waals surface area contributed by atoms with Gasteiger partial charge in [-0.2, -0.15) is 0 Å². The summed E-state index contributed by atoms with van der Waals surface area (Å²) in [7, 11) is 0. The van der Waals surface area contributed by atoms with E-state index in [-0.39, 0.29) is 11.7 Å². The fourth-order valence-electron chi connectivity index (χ4n) is 1.36. The van der Waals surface area contributed by atoms with Crippen molar-refractivity contribution in [2.45, 2.75) is 37.5 Å². The molecule has 1 heterocycles. The molecular formula is C11H15NO2S. The Morgan fingerprint density at radius 1 is 1.53 bits per heavy atom. The van der Waals surface area contributed by atoms with Crippen molar-refractivity contribution in [2.24, 2.45) is 0 Å². The first-order valence-electron chi connectivity index (χ1n) is 4.81. The topological polar surface area (TPSA) is 50.2 Å². The Balaban J connectivity index is 2.67. The lowest BCUT2D eigenvalue weighted by molar-refractivity contribution is -0.136. The van der Waals surface area contributed by atoms with Crippen molar-refractivity contribution >= 4 is 17.7 Å². The molecule has 0 saturated heterocycles. The Hall–Kier alpha value is -1.03. The maximum Gasteiger partial charge on any atom is 0.304 e. The fraction of sp³-hybridized carbons (Fsp3) is 0.455. The quantitative estimate of drug-likeness (QED) is 0.800. The van der Waals surface area contributed by atoms with E-state index in [1.165, 1.54) is 11.8 Å². The average Bonchev–Trinajstić information content (AvgIpc) is 1.98. The second-order valence-corrected chi connectivity index (χ2v) is 5.11. The van der Waals surface area contributed by atoms with Crippen molar-refractivity contribution in [1.29, 1.82) is 0 Å². The van der Waals surface area contributed by atoms with Crippen LogP contribution in [-0.4, -0.2) is 21.3 Å². The Morgan fingerprint density at radius 3 is 2.73 bits per heavy atom. The molecule has 4 heteroatoms. The van der Waals surface area contributed by atoms with E-state index in [1.807, 2.05) is 32.9 Å². The number of pyridine rings is 1. The minimum Gasteiger partial charge on any atom is -0.481 e. The van der Waals surface area contributed by atoms with Gasteiger partial charge in [-0.3, -0.25) is 4.79 Å². The summed E-state index contributed by atoms with van der Waals surface area (Å²) < 4.78 is 0. The number of rotatable bonds is 4. The van der Waals surface area contributed by atoms with E-state index < -0.39 is 5.97 Å². The first-order valence-corrected chi connectivity index (χ1v) is 5.69. The maximum atomic E-state index is 10.5. The molecule has 1 unspecified atom stereocenters. The molecule has 0 aliphatic heterocycles. The van der Waals surface area contributed by atoms with Gasteiger partial charge in [0.15, 0.2) is 0 Å². The van der Waals surface area contributed by atoms with Crippen LogP contribution in [0.15, 0.2) is 17.2 Å². The highest BCUT2D eigenvalue weighted by Crippen LogP contribution is 2.24. The number of carboxylic acid groups (broad SMARTS) is 1. The molecule has 1 aromatic heterocycles. The highest BCUT2D eigenvalue weighted by atomic mass is 32.2. The van der Waals surface area contributed by atoms with Crippen molar-refractivity contribution in [3.05, 3.63) is 23.4 Å². The summed E-state index contributed by atoms with van der Waals surface area (Å²) in [6.45, 7) is 5.86. The molecular weight excluding hydrogens is 210 g/mol. The monoisotopic (exact) mass is 225 g/mol. The Bertz CT molecular complexity index is 345. The van der Waals surface area contributed by atoms with E-state index >= 15 is 0 Å². The van der Waals surface area contributed by atoms with E-state index in [9.17, 15) is 4.79 Å². The highest BCUT2D eigenvalue weighted by molar-refractivity contribution is 7.99. The Labute approximate surface area is 93.9 Å². The van der Waals surface area contributed by atoms with Gasteiger partial charge >= 0.3 is 5.97 Å². The average molecular weight is 225 g/mol. The summed E-state index contributed by atoms with van der Waals surface area (Å²) >= 11 is 1.51. The lowest BCUT2D eigenvalue weighted by Gasteiger charge is -2.08. The molecule has 1 atom stereocenters. The molecule has 0 aliphatic rings. The highest BCUT2D eigenvalue weighted by Gasteiger charge is 2.10. The third-order valence-corrected chi connectivity index (χ3v) is 2.88. The molecule has 0 aliphatic carbocycles. The molecule has 15 heavy (non-hydrogen) atoms. The summed E-state index contributed by atoms with van der Waals surface area (Å²) in [5.41, 5.74) is 2.13. The molecule has 1 rings (SSSR count). The van der Waals surface area contributed by atoms with E-state index in [4.69, 9.17) is 5.11 Å². The molecule has 0 radical (unpaired) electrons. The number of carbonyl (C=O) groups is 1. The van der Waals surface area contributed by atoms with Gasteiger partial charge in [0.2, 0.25) is 0 Å². The van der Waals surface area contributed by atoms with Gasteiger partial charge < -0.3 is 5.11 Å². The third kappa shape index (κ3) is 4.34. The molecule has 0 fully saturated rings. The van der Waals surface area contributed by atoms with Crippen LogP contribution in [-0.2, 0) is 4.79 Å². The van der Waals surface area contributed by atoms with E-state index in [2.05, 4.69) is 4.98 Å². The second kappa shape index (κ2) is 5.16. The predicted octanol–water partition coefficient (Wildman–Crippen LogP) is 2.65. The van der Waals surface area contributed by atoms with Crippen LogP contribution in [0.1, 0.15) is 24.6 Å². The van der Waals surface area contributed by atoms with Gasteiger partial charge in [0.25, 0.3) is 0 Å². The van der Waals surface area contributed by atoms with Crippen LogP contribution in [0.2, 0.25) is 0 Å². The zero-order valence-corrected chi connectivity index (χ0v) is 9.97. The number of thioether (sulfide) groups is 1. The SMILES string of the molecule is Cc1cc(C)nc(SC(C)CC(=O)O)c1. The van der Waals surface area contributed by atoms with Crippen molar-refractivity contribution < 1.29 is 9.90 Å². The summed E-state index contributed by atoms with van der Waals surface area (Å²) in [5.74, 6) is -0.764. The van der Waals surface area contributed by atoms with E-state index in [0.717, 1.165) is 16.3 Å². The lowest BCUT2D eigenvalue weighted by atomic mass is 10.3. The minimum absolute atomic E-state index is 0.0520. The largest absolute Gasteiger partial charge is 0.481 e. The van der Waals surface area contributed by atoms with Gasteiger partial charge in [-0.15, -0.1) is 11.8 Å². The summed E-state index contributed by atoms with van der Waals surface area (Å²) in [4.78, 5) is 14.9. The first-order chi connectivity index (χ1) is 6.97. The zero-order chi connectivity index (χ0) is 11.4. The second-order valence-electron chi connectivity index (χ2n) is 3.65. The van der Waals surface area contributed by atoms with Crippen LogP contribution in [0, 0.1) is 13.8 Å². The number of aliphatic carboxylic acids is 1. The van der Waals surface area contributed by atoms with Gasteiger partial charge in [0.1, 0.15) is 0 Å². The normalized spacial score (nSPS) is 12.5. The Morgan fingerprint density at radius 2 is 2.20 bits per heavy atom. The van der Waals surface area contributed by atoms with Crippen LogP contribution < -0.4 is 0 Å². The predicted molar refractivity (Wildman–Crippen MR) is 61.3 cm³/mol. The van der Waals surface area contributed by atoms with Crippen LogP contribution in [0.3, 0.4) is 0 Å². The first kappa shape index (κ1) is 12.0. The van der Waals surface area contributed by atoms with E-state index in [0.29, 0.717) is 0 Å². The van der Waals surface area contributed by atoms with Crippen LogP contribution >= 0.6 is 11.8 Å². The van der Waals surface area contributed by atoms with Crippen molar-refractivity contribution in [2.75, 3.05) is 0 Å². The van der Waals surface area contributed by atoms with Gasteiger partial charge in [-0.1, -0.05) is 6.92 Å². The van der Waals surface area contributed by atoms with E-state index in [1.54, 1.807) is 0 Å². The zero-order valence-electron chi connectivity index (χ0n) is 9.15. The molecule has 1 N–H and O–H groups in total. The summed E-state index contributed by atoms with van der Waals surface area (Å²) in [6, 6.07) is 3.99. The van der Waals surface area contributed by atoms with Gasteiger partial charge in [-0.25, -0.2) is 4.98 Å². The summed E-state index contributed by atoms with van der Waals surface area (Å²) in [5, 5.41) is 9.59. The van der Waals surface area contributed by atoms with Crippen molar-refractivity contribution in [1.82, 2.24) is 4.98 Å².